The van der Waals surface area contributed by atoms with Crippen molar-refractivity contribution in [2.75, 3.05) is 20.1 Å². The van der Waals surface area contributed by atoms with Gasteiger partial charge >= 0.3 is 0 Å². The lowest BCUT2D eigenvalue weighted by molar-refractivity contribution is 0.0710. The van der Waals surface area contributed by atoms with Gasteiger partial charge in [-0.2, -0.15) is 0 Å². The number of amides is 1. The lowest BCUT2D eigenvalue weighted by Gasteiger charge is -2.23. The number of furan rings is 1. The van der Waals surface area contributed by atoms with E-state index in [1.807, 2.05) is 61.6 Å². The second-order valence-corrected chi connectivity index (χ2v) is 6.57. The Kier molecular flexibility index (Phi) is 6.04. The van der Waals surface area contributed by atoms with Gasteiger partial charge in [0.25, 0.3) is 5.91 Å². The van der Waals surface area contributed by atoms with E-state index in [4.69, 9.17) is 9.15 Å². The van der Waals surface area contributed by atoms with Gasteiger partial charge in [-0.25, -0.2) is 0 Å². The number of benzene rings is 2. The van der Waals surface area contributed by atoms with E-state index in [0.29, 0.717) is 18.0 Å². The summed E-state index contributed by atoms with van der Waals surface area (Å²) in [6.07, 6.45) is 0.957. The van der Waals surface area contributed by atoms with Gasteiger partial charge in [-0.1, -0.05) is 36.4 Å². The molecule has 0 saturated carbocycles. The minimum Gasteiger partial charge on any atom is -0.489 e. The van der Waals surface area contributed by atoms with Crippen LogP contribution in [-0.4, -0.2) is 37.0 Å². The largest absolute Gasteiger partial charge is 0.489 e. The highest BCUT2D eigenvalue weighted by atomic mass is 35.5. The van der Waals surface area contributed by atoms with Gasteiger partial charge in [-0.15, -0.1) is 12.4 Å². The van der Waals surface area contributed by atoms with E-state index in [-0.39, 0.29) is 24.4 Å². The summed E-state index contributed by atoms with van der Waals surface area (Å²) in [4.78, 5) is 14.9. The van der Waals surface area contributed by atoms with Crippen molar-refractivity contribution in [3.05, 3.63) is 65.9 Å². The standard InChI is InChI=1S/C21H22N2O3.ClH/c1-23(15-11-12-22-13-15)21(24)20-18(14-25-16-7-3-2-4-8-16)17-9-5-6-10-19(17)26-20;/h2-10,15,22H,11-14H2,1H3;1H. The maximum atomic E-state index is 13.1. The first-order valence-electron chi connectivity index (χ1n) is 8.90. The van der Waals surface area contributed by atoms with E-state index in [2.05, 4.69) is 5.32 Å². The van der Waals surface area contributed by atoms with Crippen molar-refractivity contribution < 1.29 is 13.9 Å². The summed E-state index contributed by atoms with van der Waals surface area (Å²) in [7, 11) is 1.84. The van der Waals surface area contributed by atoms with Crippen LogP contribution in [0.4, 0.5) is 0 Å². The quantitative estimate of drug-likeness (QED) is 0.723. The van der Waals surface area contributed by atoms with Crippen molar-refractivity contribution in [3.8, 4) is 5.75 Å². The van der Waals surface area contributed by atoms with E-state index >= 15 is 0 Å². The Balaban J connectivity index is 0.00000210. The number of hydrogen-bond acceptors (Lipinski definition) is 4. The van der Waals surface area contributed by atoms with Gasteiger partial charge in [0.05, 0.1) is 0 Å². The monoisotopic (exact) mass is 386 g/mol. The maximum absolute atomic E-state index is 13.1. The third-order valence-electron chi connectivity index (χ3n) is 4.92. The Morgan fingerprint density at radius 1 is 1.19 bits per heavy atom. The van der Waals surface area contributed by atoms with Gasteiger partial charge in [0.1, 0.15) is 17.9 Å². The highest BCUT2D eigenvalue weighted by Crippen LogP contribution is 2.28. The molecule has 1 unspecified atom stereocenters. The van der Waals surface area contributed by atoms with Gasteiger partial charge in [0.2, 0.25) is 0 Å². The average Bonchev–Trinajstić information content (AvgIpc) is 3.34. The molecule has 1 aliphatic rings. The Bertz CT molecular complexity index is 904. The number of para-hydroxylation sites is 2. The molecule has 2 heterocycles. The lowest BCUT2D eigenvalue weighted by atomic mass is 10.1. The van der Waals surface area contributed by atoms with E-state index in [0.717, 1.165) is 36.2 Å². The molecule has 0 aliphatic carbocycles. The Labute approximate surface area is 164 Å². The molecule has 1 N–H and O–H groups in total. The summed E-state index contributed by atoms with van der Waals surface area (Å²) < 4.78 is 11.8. The lowest BCUT2D eigenvalue weighted by Crippen LogP contribution is -2.38. The fourth-order valence-electron chi connectivity index (χ4n) is 3.38. The number of nitrogens with one attached hydrogen (secondary N) is 1. The Morgan fingerprint density at radius 2 is 1.93 bits per heavy atom. The molecule has 1 atom stereocenters. The molecule has 4 rings (SSSR count). The number of hydrogen-bond donors (Lipinski definition) is 1. The van der Waals surface area contributed by atoms with Crippen LogP contribution in [0.2, 0.25) is 0 Å². The summed E-state index contributed by atoms with van der Waals surface area (Å²) >= 11 is 0. The summed E-state index contributed by atoms with van der Waals surface area (Å²) in [5.41, 5.74) is 1.51. The predicted molar refractivity (Wildman–Crippen MR) is 108 cm³/mol. The van der Waals surface area contributed by atoms with Gasteiger partial charge in [0.15, 0.2) is 5.76 Å². The first kappa shape index (κ1) is 19.3. The molecular formula is C21H23ClN2O3. The molecule has 0 bridgehead atoms. The topological polar surface area (TPSA) is 54.7 Å². The minimum absolute atomic E-state index is 0. The number of fused-ring (bicyclic) bond motifs is 1. The number of carbonyl (C=O) groups is 1. The van der Waals surface area contributed by atoms with Gasteiger partial charge in [-0.05, 0) is 31.2 Å². The number of likely N-dealkylation sites (N-methyl/N-ethyl adjacent to an activating group) is 1. The summed E-state index contributed by atoms with van der Waals surface area (Å²) in [5, 5.41) is 4.22. The molecule has 27 heavy (non-hydrogen) atoms. The molecule has 1 aromatic heterocycles. The van der Waals surface area contributed by atoms with Crippen LogP contribution in [0.3, 0.4) is 0 Å². The first-order chi connectivity index (χ1) is 12.7. The van der Waals surface area contributed by atoms with E-state index in [1.54, 1.807) is 4.90 Å². The van der Waals surface area contributed by atoms with Crippen molar-refractivity contribution in [2.24, 2.45) is 0 Å². The smallest absolute Gasteiger partial charge is 0.290 e. The Morgan fingerprint density at radius 3 is 2.67 bits per heavy atom. The van der Waals surface area contributed by atoms with Crippen molar-refractivity contribution in [2.45, 2.75) is 19.1 Å². The number of nitrogens with zero attached hydrogens (tertiary/aromatic N) is 1. The molecule has 1 fully saturated rings. The van der Waals surface area contributed by atoms with Crippen molar-refractivity contribution >= 4 is 29.3 Å². The average molecular weight is 387 g/mol. The molecule has 1 saturated heterocycles. The third-order valence-corrected chi connectivity index (χ3v) is 4.92. The summed E-state index contributed by atoms with van der Waals surface area (Å²) in [6, 6.07) is 17.5. The predicted octanol–water partition coefficient (Wildman–Crippen LogP) is 3.87. The number of carbonyl (C=O) groups excluding carboxylic acids is 1. The van der Waals surface area contributed by atoms with E-state index in [9.17, 15) is 4.79 Å². The van der Waals surface area contributed by atoms with E-state index in [1.165, 1.54) is 0 Å². The fraction of sp³-hybridized carbons (Fsp3) is 0.286. The molecule has 3 aromatic rings. The molecule has 1 aliphatic heterocycles. The van der Waals surface area contributed by atoms with Crippen LogP contribution in [0, 0.1) is 0 Å². The molecule has 142 valence electrons. The second kappa shape index (κ2) is 8.46. The van der Waals surface area contributed by atoms with Crippen LogP contribution in [-0.2, 0) is 6.61 Å². The zero-order valence-electron chi connectivity index (χ0n) is 15.2. The van der Waals surface area contributed by atoms with Crippen LogP contribution in [0.15, 0.2) is 59.0 Å². The molecule has 6 heteroatoms. The van der Waals surface area contributed by atoms with Crippen LogP contribution in [0.25, 0.3) is 11.0 Å². The van der Waals surface area contributed by atoms with E-state index < -0.39 is 0 Å². The third kappa shape index (κ3) is 3.94. The van der Waals surface area contributed by atoms with Crippen molar-refractivity contribution in [3.63, 3.8) is 0 Å². The van der Waals surface area contributed by atoms with Crippen molar-refractivity contribution in [1.29, 1.82) is 0 Å². The summed E-state index contributed by atoms with van der Waals surface area (Å²) in [5.74, 6) is 1.04. The molecule has 2 aromatic carbocycles. The van der Waals surface area contributed by atoms with Gasteiger partial charge in [0, 0.05) is 30.6 Å². The Hall–Kier alpha value is -2.50. The normalized spacial score (nSPS) is 16.1. The van der Waals surface area contributed by atoms with Gasteiger partial charge < -0.3 is 19.4 Å². The second-order valence-electron chi connectivity index (χ2n) is 6.57. The molecule has 0 spiro atoms. The van der Waals surface area contributed by atoms with Crippen LogP contribution in [0.1, 0.15) is 22.5 Å². The fourth-order valence-corrected chi connectivity index (χ4v) is 3.38. The number of halogens is 1. The zero-order valence-corrected chi connectivity index (χ0v) is 16.0. The number of rotatable bonds is 5. The van der Waals surface area contributed by atoms with Crippen LogP contribution >= 0.6 is 12.4 Å². The maximum Gasteiger partial charge on any atom is 0.290 e. The summed E-state index contributed by atoms with van der Waals surface area (Å²) in [6.45, 7) is 2.05. The van der Waals surface area contributed by atoms with Gasteiger partial charge in [-0.3, -0.25) is 4.79 Å². The first-order valence-corrected chi connectivity index (χ1v) is 8.90. The minimum atomic E-state index is -0.0958. The number of ether oxygens (including phenoxy) is 1. The molecule has 1 amide bonds. The zero-order chi connectivity index (χ0) is 17.9. The molecule has 5 nitrogen and oxygen atoms in total. The van der Waals surface area contributed by atoms with Crippen molar-refractivity contribution in [1.82, 2.24) is 10.2 Å². The molecule has 0 radical (unpaired) electrons. The highest BCUT2D eigenvalue weighted by molar-refractivity contribution is 5.99. The highest BCUT2D eigenvalue weighted by Gasteiger charge is 2.29. The molecular weight excluding hydrogens is 364 g/mol. The SMILES string of the molecule is CN(C(=O)c1oc2ccccc2c1COc1ccccc1)C1CCNC1.Cl. The van der Waals surface area contributed by atoms with Crippen LogP contribution in [0.5, 0.6) is 5.75 Å². The van der Waals surface area contributed by atoms with Crippen LogP contribution < -0.4 is 10.1 Å².